The highest BCUT2D eigenvalue weighted by molar-refractivity contribution is 6.14. The van der Waals surface area contributed by atoms with Gasteiger partial charge >= 0.3 is 0 Å². The van der Waals surface area contributed by atoms with Gasteiger partial charge in [0.2, 0.25) is 11.8 Å². The summed E-state index contributed by atoms with van der Waals surface area (Å²) in [6, 6.07) is 14.9. The zero-order chi connectivity index (χ0) is 18.0. The van der Waals surface area contributed by atoms with Gasteiger partial charge in [0.05, 0.1) is 23.4 Å². The molecule has 6 nitrogen and oxygen atoms in total. The first kappa shape index (κ1) is 16.2. The van der Waals surface area contributed by atoms with E-state index in [0.29, 0.717) is 30.6 Å². The van der Waals surface area contributed by atoms with Crippen molar-refractivity contribution in [3.8, 4) is 0 Å². The summed E-state index contributed by atoms with van der Waals surface area (Å²) in [4.78, 5) is 33.9. The van der Waals surface area contributed by atoms with Crippen LogP contribution in [0.4, 0.5) is 5.69 Å². The maximum absolute atomic E-state index is 12.8. The second kappa shape index (κ2) is 6.55. The predicted octanol–water partition coefficient (Wildman–Crippen LogP) is 2.66. The largest absolute Gasteiger partial charge is 0.350 e. The number of hydrogen-bond acceptors (Lipinski definition) is 4. The van der Waals surface area contributed by atoms with E-state index in [9.17, 15) is 9.59 Å². The third-order valence-corrected chi connectivity index (χ3v) is 4.66. The maximum Gasteiger partial charge on any atom is 0.240 e. The molecule has 26 heavy (non-hydrogen) atoms. The number of aromatic nitrogens is 2. The van der Waals surface area contributed by atoms with Crippen molar-refractivity contribution >= 4 is 28.4 Å². The van der Waals surface area contributed by atoms with Gasteiger partial charge in [0.1, 0.15) is 5.41 Å². The second-order valence-corrected chi connectivity index (χ2v) is 6.42. The summed E-state index contributed by atoms with van der Waals surface area (Å²) in [5.41, 5.74) is 1.10. The smallest absolute Gasteiger partial charge is 0.240 e. The number of nitrogens with zero attached hydrogens (tertiary/aromatic N) is 2. The Balaban J connectivity index is 1.47. The fourth-order valence-corrected chi connectivity index (χ4v) is 2.97. The van der Waals surface area contributed by atoms with Gasteiger partial charge in [-0.3, -0.25) is 19.6 Å². The summed E-state index contributed by atoms with van der Waals surface area (Å²) in [6.07, 6.45) is 4.45. The van der Waals surface area contributed by atoms with Crippen molar-refractivity contribution in [1.29, 1.82) is 0 Å². The van der Waals surface area contributed by atoms with Crippen LogP contribution in [-0.2, 0) is 16.1 Å². The van der Waals surface area contributed by atoms with Gasteiger partial charge in [-0.1, -0.05) is 24.3 Å². The highest BCUT2D eigenvalue weighted by Crippen LogP contribution is 2.47. The normalized spacial score (nSPS) is 14.6. The summed E-state index contributed by atoms with van der Waals surface area (Å²) in [5.74, 6) is -0.539. The summed E-state index contributed by atoms with van der Waals surface area (Å²) in [6.45, 7) is 0.310. The van der Waals surface area contributed by atoms with Crippen LogP contribution in [0.3, 0.4) is 0 Å². The Morgan fingerprint density at radius 2 is 1.73 bits per heavy atom. The first-order valence-corrected chi connectivity index (χ1v) is 8.52. The molecule has 2 amide bonds. The summed E-state index contributed by atoms with van der Waals surface area (Å²) < 4.78 is 0. The van der Waals surface area contributed by atoms with Crippen molar-refractivity contribution in [2.45, 2.75) is 19.4 Å². The van der Waals surface area contributed by atoms with Gasteiger partial charge in [0.15, 0.2) is 0 Å². The number of fused-ring (bicyclic) bond motifs is 1. The molecule has 1 fully saturated rings. The van der Waals surface area contributed by atoms with Crippen molar-refractivity contribution in [1.82, 2.24) is 15.3 Å². The molecule has 0 saturated heterocycles. The third kappa shape index (κ3) is 3.01. The Kier molecular flexibility index (Phi) is 4.08. The van der Waals surface area contributed by atoms with Crippen molar-refractivity contribution in [2.24, 2.45) is 5.41 Å². The number of pyridine rings is 2. The van der Waals surface area contributed by atoms with E-state index in [1.54, 1.807) is 18.5 Å². The molecule has 1 aliphatic carbocycles. The van der Waals surface area contributed by atoms with Crippen molar-refractivity contribution in [2.75, 3.05) is 5.32 Å². The van der Waals surface area contributed by atoms with Crippen LogP contribution >= 0.6 is 0 Å². The van der Waals surface area contributed by atoms with Gasteiger partial charge < -0.3 is 10.6 Å². The van der Waals surface area contributed by atoms with Gasteiger partial charge in [-0.15, -0.1) is 0 Å². The van der Waals surface area contributed by atoms with Crippen LogP contribution in [0.15, 0.2) is 60.9 Å². The number of para-hydroxylation sites is 1. The molecule has 0 unspecified atom stereocenters. The van der Waals surface area contributed by atoms with E-state index >= 15 is 0 Å². The molecule has 1 saturated carbocycles. The molecular weight excluding hydrogens is 328 g/mol. The molecule has 6 heteroatoms. The number of amides is 2. The first-order valence-electron chi connectivity index (χ1n) is 8.52. The molecular formula is C20H18N4O2. The fraction of sp³-hybridized carbons (Fsp3) is 0.200. The Hall–Kier alpha value is -3.28. The van der Waals surface area contributed by atoms with Crippen LogP contribution in [0.2, 0.25) is 0 Å². The Bertz CT molecular complexity index is 962. The molecule has 0 bridgehead atoms. The van der Waals surface area contributed by atoms with E-state index in [1.165, 1.54) is 0 Å². The van der Waals surface area contributed by atoms with Crippen LogP contribution < -0.4 is 10.6 Å². The van der Waals surface area contributed by atoms with E-state index in [1.807, 2.05) is 42.5 Å². The maximum atomic E-state index is 12.8. The molecule has 2 aromatic heterocycles. The zero-order valence-electron chi connectivity index (χ0n) is 14.1. The van der Waals surface area contributed by atoms with Crippen LogP contribution in [0.1, 0.15) is 18.5 Å². The lowest BCUT2D eigenvalue weighted by Gasteiger charge is -2.16. The van der Waals surface area contributed by atoms with Crippen molar-refractivity contribution in [3.05, 3.63) is 66.6 Å². The van der Waals surface area contributed by atoms with Gasteiger partial charge in [-0.2, -0.15) is 0 Å². The third-order valence-electron chi connectivity index (χ3n) is 4.66. The van der Waals surface area contributed by atoms with E-state index in [0.717, 1.165) is 11.1 Å². The standard InChI is InChI=1S/C20H18N4O2/c25-18(23-13-15-7-1-2-11-21-15)20(9-10-20)19(26)24-16-8-3-5-14-6-4-12-22-17(14)16/h1-8,11-12H,9-10,13H2,(H,23,25)(H,24,26). The number of hydrogen-bond donors (Lipinski definition) is 2. The molecule has 2 heterocycles. The number of carbonyl (C=O) groups excluding carboxylic acids is 2. The molecule has 3 aromatic rings. The van der Waals surface area contributed by atoms with Crippen LogP contribution in [0, 0.1) is 5.41 Å². The Morgan fingerprint density at radius 1 is 0.923 bits per heavy atom. The van der Waals surface area contributed by atoms with Crippen molar-refractivity contribution < 1.29 is 9.59 Å². The lowest BCUT2D eigenvalue weighted by Crippen LogP contribution is -2.39. The average Bonchev–Trinajstić information content (AvgIpc) is 3.49. The summed E-state index contributed by atoms with van der Waals surface area (Å²) in [5, 5.41) is 6.66. The quantitative estimate of drug-likeness (QED) is 0.696. The zero-order valence-corrected chi connectivity index (χ0v) is 14.1. The average molecular weight is 346 g/mol. The number of nitrogens with one attached hydrogen (secondary N) is 2. The number of benzene rings is 1. The number of carbonyl (C=O) groups is 2. The Morgan fingerprint density at radius 3 is 2.50 bits per heavy atom. The molecule has 0 spiro atoms. The van der Waals surface area contributed by atoms with Gasteiger partial charge in [-0.25, -0.2) is 0 Å². The molecule has 0 radical (unpaired) electrons. The SMILES string of the molecule is O=C(NCc1ccccn1)C1(C(=O)Nc2cccc3cccnc23)CC1. The lowest BCUT2D eigenvalue weighted by atomic mass is 10.0. The minimum absolute atomic E-state index is 0.256. The van der Waals surface area contributed by atoms with Crippen molar-refractivity contribution in [3.63, 3.8) is 0 Å². The molecule has 2 N–H and O–H groups in total. The summed E-state index contributed by atoms with van der Waals surface area (Å²) >= 11 is 0. The van der Waals surface area contributed by atoms with Gasteiger partial charge in [0, 0.05) is 17.8 Å². The minimum Gasteiger partial charge on any atom is -0.350 e. The van der Waals surface area contributed by atoms with E-state index in [2.05, 4.69) is 20.6 Å². The number of anilines is 1. The lowest BCUT2D eigenvalue weighted by molar-refractivity contribution is -0.134. The summed E-state index contributed by atoms with van der Waals surface area (Å²) in [7, 11) is 0. The predicted molar refractivity (Wildman–Crippen MR) is 98.1 cm³/mol. The molecule has 0 aliphatic heterocycles. The highest BCUT2D eigenvalue weighted by Gasteiger charge is 2.56. The van der Waals surface area contributed by atoms with E-state index < -0.39 is 5.41 Å². The van der Waals surface area contributed by atoms with Gasteiger partial charge in [0.25, 0.3) is 0 Å². The van der Waals surface area contributed by atoms with Gasteiger partial charge in [-0.05, 0) is 37.1 Å². The van der Waals surface area contributed by atoms with Crippen LogP contribution in [0.5, 0.6) is 0 Å². The van der Waals surface area contributed by atoms with E-state index in [-0.39, 0.29) is 11.8 Å². The monoisotopic (exact) mass is 346 g/mol. The topological polar surface area (TPSA) is 84.0 Å². The molecule has 1 aliphatic rings. The molecule has 1 aromatic carbocycles. The molecule has 4 rings (SSSR count). The second-order valence-electron chi connectivity index (χ2n) is 6.42. The van der Waals surface area contributed by atoms with Crippen LogP contribution in [-0.4, -0.2) is 21.8 Å². The minimum atomic E-state index is -0.994. The first-order chi connectivity index (χ1) is 12.7. The van der Waals surface area contributed by atoms with E-state index in [4.69, 9.17) is 0 Å². The highest BCUT2D eigenvalue weighted by atomic mass is 16.2. The number of rotatable bonds is 5. The molecule has 130 valence electrons. The Labute approximate surface area is 150 Å². The fourth-order valence-electron chi connectivity index (χ4n) is 2.97. The molecule has 0 atom stereocenters. The van der Waals surface area contributed by atoms with Crippen LogP contribution in [0.25, 0.3) is 10.9 Å².